The van der Waals surface area contributed by atoms with Gasteiger partial charge in [0.15, 0.2) is 0 Å². The molecule has 0 atom stereocenters. The molecule has 0 amide bonds. The van der Waals surface area contributed by atoms with Gasteiger partial charge in [0.2, 0.25) is 0 Å². The molecule has 0 unspecified atom stereocenters. The van der Waals surface area contributed by atoms with Gasteiger partial charge in [-0.05, 0) is 77.9 Å². The molecule has 0 aromatic heterocycles. The second-order valence-corrected chi connectivity index (χ2v) is 5.40. The molecule has 2 nitrogen and oxygen atoms in total. The number of nitrogens with one attached hydrogen (secondary N) is 1. The van der Waals surface area contributed by atoms with Gasteiger partial charge in [0.1, 0.15) is 0 Å². The molecule has 2 rings (SSSR count). The first kappa shape index (κ1) is 12.2. The summed E-state index contributed by atoms with van der Waals surface area (Å²) in [7, 11) is 0. The van der Waals surface area contributed by atoms with Crippen molar-refractivity contribution in [3.63, 3.8) is 0 Å². The minimum absolute atomic E-state index is 0.773. The lowest BCUT2D eigenvalue weighted by atomic mass is 10.1. The van der Waals surface area contributed by atoms with Crippen molar-refractivity contribution in [2.75, 3.05) is 11.1 Å². The number of nitrogens with two attached hydrogens (primary N) is 1. The lowest BCUT2D eigenvalue weighted by Crippen LogP contribution is -1.97. The molecular weight excluding hydrogens is 323 g/mol. The van der Waals surface area contributed by atoms with Gasteiger partial charge in [-0.2, -0.15) is 0 Å². The highest BCUT2D eigenvalue weighted by atomic mass is 127. The second kappa shape index (κ2) is 4.96. The Bertz CT molecular complexity index is 550. The van der Waals surface area contributed by atoms with Gasteiger partial charge in [-0.15, -0.1) is 0 Å². The van der Waals surface area contributed by atoms with Gasteiger partial charge >= 0.3 is 0 Å². The first-order valence-electron chi connectivity index (χ1n) is 5.45. The summed E-state index contributed by atoms with van der Waals surface area (Å²) >= 11 is 2.26. The Balaban J connectivity index is 2.28. The summed E-state index contributed by atoms with van der Waals surface area (Å²) in [5.41, 5.74) is 11.3. The highest BCUT2D eigenvalue weighted by Gasteiger charge is 2.01. The zero-order chi connectivity index (χ0) is 12.4. The summed E-state index contributed by atoms with van der Waals surface area (Å²) in [4.78, 5) is 0. The van der Waals surface area contributed by atoms with Crippen LogP contribution in [-0.2, 0) is 0 Å². The summed E-state index contributed by atoms with van der Waals surface area (Å²) in [6.45, 7) is 4.22. The standard InChI is InChI=1S/C14H15IN2/c1-9-3-5-12(7-10(9)2)17-14-6-4-11(15)8-13(14)16/h3-8,17H,16H2,1-2H3. The second-order valence-electron chi connectivity index (χ2n) is 4.16. The lowest BCUT2D eigenvalue weighted by Gasteiger charge is -2.11. The highest BCUT2D eigenvalue weighted by molar-refractivity contribution is 14.1. The van der Waals surface area contributed by atoms with E-state index in [9.17, 15) is 0 Å². The smallest absolute Gasteiger partial charge is 0.0618 e. The van der Waals surface area contributed by atoms with Crippen molar-refractivity contribution in [2.45, 2.75) is 13.8 Å². The van der Waals surface area contributed by atoms with Gasteiger partial charge in [-0.1, -0.05) is 6.07 Å². The fourth-order valence-corrected chi connectivity index (χ4v) is 2.14. The van der Waals surface area contributed by atoms with E-state index in [-0.39, 0.29) is 0 Å². The quantitative estimate of drug-likeness (QED) is 0.635. The molecule has 0 aliphatic carbocycles. The molecule has 0 heterocycles. The number of anilines is 3. The fraction of sp³-hybridized carbons (Fsp3) is 0.143. The van der Waals surface area contributed by atoms with Crippen LogP contribution in [0, 0.1) is 17.4 Å². The monoisotopic (exact) mass is 338 g/mol. The van der Waals surface area contributed by atoms with Gasteiger partial charge in [-0.3, -0.25) is 0 Å². The molecule has 2 aromatic carbocycles. The van der Waals surface area contributed by atoms with Crippen molar-refractivity contribution in [3.8, 4) is 0 Å². The third-order valence-corrected chi connectivity index (χ3v) is 3.47. The first-order chi connectivity index (χ1) is 8.06. The molecule has 0 saturated heterocycles. The van der Waals surface area contributed by atoms with E-state index in [1.165, 1.54) is 11.1 Å². The number of halogens is 1. The van der Waals surface area contributed by atoms with Crippen LogP contribution in [-0.4, -0.2) is 0 Å². The molecule has 0 aliphatic heterocycles. The number of hydrogen-bond acceptors (Lipinski definition) is 2. The predicted octanol–water partition coefficient (Wildman–Crippen LogP) is 4.23. The summed E-state index contributed by atoms with van der Waals surface area (Å²) in [5.74, 6) is 0. The third-order valence-electron chi connectivity index (χ3n) is 2.80. The van der Waals surface area contributed by atoms with Gasteiger partial charge in [0.25, 0.3) is 0 Å². The topological polar surface area (TPSA) is 38.0 Å². The van der Waals surface area contributed by atoms with Crippen LogP contribution in [0.1, 0.15) is 11.1 Å². The maximum atomic E-state index is 5.97. The van der Waals surface area contributed by atoms with Gasteiger partial charge in [0, 0.05) is 9.26 Å². The Morgan fingerprint density at radius 2 is 1.76 bits per heavy atom. The SMILES string of the molecule is Cc1ccc(Nc2ccc(I)cc2N)cc1C. The molecule has 0 spiro atoms. The average molecular weight is 338 g/mol. The largest absolute Gasteiger partial charge is 0.397 e. The molecule has 2 aromatic rings. The van der Waals surface area contributed by atoms with E-state index >= 15 is 0 Å². The lowest BCUT2D eigenvalue weighted by molar-refractivity contribution is 1.34. The minimum atomic E-state index is 0.773. The molecule has 3 heteroatoms. The van der Waals surface area contributed by atoms with E-state index in [0.29, 0.717) is 0 Å². The average Bonchev–Trinajstić information content (AvgIpc) is 2.27. The first-order valence-corrected chi connectivity index (χ1v) is 6.53. The van der Waals surface area contributed by atoms with Crippen molar-refractivity contribution in [1.82, 2.24) is 0 Å². The van der Waals surface area contributed by atoms with Crippen LogP contribution >= 0.6 is 22.6 Å². The fourth-order valence-electron chi connectivity index (χ4n) is 1.62. The molecule has 0 fully saturated rings. The number of hydrogen-bond donors (Lipinski definition) is 2. The van der Waals surface area contributed by atoms with Crippen LogP contribution in [0.3, 0.4) is 0 Å². The van der Waals surface area contributed by atoms with Crippen molar-refractivity contribution in [3.05, 3.63) is 51.1 Å². The zero-order valence-electron chi connectivity index (χ0n) is 9.92. The Morgan fingerprint density at radius 3 is 2.41 bits per heavy atom. The van der Waals surface area contributed by atoms with Crippen molar-refractivity contribution < 1.29 is 0 Å². The van der Waals surface area contributed by atoms with Crippen molar-refractivity contribution >= 4 is 39.7 Å². The molecule has 0 bridgehead atoms. The number of benzene rings is 2. The van der Waals surface area contributed by atoms with Crippen molar-refractivity contribution in [2.24, 2.45) is 0 Å². The molecule has 0 radical (unpaired) electrons. The van der Waals surface area contributed by atoms with Gasteiger partial charge < -0.3 is 11.1 Å². The zero-order valence-corrected chi connectivity index (χ0v) is 12.1. The summed E-state index contributed by atoms with van der Waals surface area (Å²) in [6.07, 6.45) is 0. The normalized spacial score (nSPS) is 10.3. The molecule has 17 heavy (non-hydrogen) atoms. The Hall–Kier alpha value is -1.23. The van der Waals surface area contributed by atoms with Crippen LogP contribution in [0.2, 0.25) is 0 Å². The maximum absolute atomic E-state index is 5.97. The van der Waals surface area contributed by atoms with Crippen LogP contribution in [0.15, 0.2) is 36.4 Å². The molecule has 88 valence electrons. The van der Waals surface area contributed by atoms with Crippen LogP contribution in [0.4, 0.5) is 17.1 Å². The Morgan fingerprint density at radius 1 is 1.00 bits per heavy atom. The molecule has 0 aliphatic rings. The Labute approximate surface area is 115 Å². The van der Waals surface area contributed by atoms with Crippen molar-refractivity contribution in [1.29, 1.82) is 0 Å². The molecular formula is C14H15IN2. The summed E-state index contributed by atoms with van der Waals surface area (Å²) in [5, 5.41) is 3.34. The number of rotatable bonds is 2. The van der Waals surface area contributed by atoms with E-state index in [0.717, 1.165) is 20.6 Å². The number of aryl methyl sites for hydroxylation is 2. The van der Waals surface area contributed by atoms with E-state index in [1.54, 1.807) is 0 Å². The van der Waals surface area contributed by atoms with Gasteiger partial charge in [0.05, 0.1) is 11.4 Å². The van der Waals surface area contributed by atoms with Crippen LogP contribution in [0.25, 0.3) is 0 Å². The molecule has 3 N–H and O–H groups in total. The maximum Gasteiger partial charge on any atom is 0.0618 e. The minimum Gasteiger partial charge on any atom is -0.397 e. The molecule has 0 saturated carbocycles. The van der Waals surface area contributed by atoms with Crippen LogP contribution < -0.4 is 11.1 Å². The van der Waals surface area contributed by atoms with Crippen LogP contribution in [0.5, 0.6) is 0 Å². The van der Waals surface area contributed by atoms with E-state index < -0.39 is 0 Å². The van der Waals surface area contributed by atoms with E-state index in [4.69, 9.17) is 5.73 Å². The van der Waals surface area contributed by atoms with E-state index in [1.807, 2.05) is 18.2 Å². The van der Waals surface area contributed by atoms with E-state index in [2.05, 4.69) is 60.0 Å². The Kier molecular flexibility index (Phi) is 3.57. The third kappa shape index (κ3) is 2.91. The van der Waals surface area contributed by atoms with Gasteiger partial charge in [-0.25, -0.2) is 0 Å². The predicted molar refractivity (Wildman–Crippen MR) is 82.8 cm³/mol. The summed E-state index contributed by atoms with van der Waals surface area (Å²) in [6, 6.07) is 12.3. The number of nitrogen functional groups attached to an aromatic ring is 1. The highest BCUT2D eigenvalue weighted by Crippen LogP contribution is 2.25. The summed E-state index contributed by atoms with van der Waals surface area (Å²) < 4.78 is 1.14.